The first kappa shape index (κ1) is 14.0. The first-order valence-corrected chi connectivity index (χ1v) is 6.88. The largest absolute Gasteiger partial charge is 0.305 e. The smallest absolute Gasteiger partial charge is 0.131 e. The Bertz CT molecular complexity index is 557. The molecule has 1 aromatic carbocycles. The summed E-state index contributed by atoms with van der Waals surface area (Å²) in [7, 11) is 0. The Hall–Kier alpha value is -1.40. The van der Waals surface area contributed by atoms with Crippen LogP contribution in [-0.2, 0) is 0 Å². The van der Waals surface area contributed by atoms with Crippen molar-refractivity contribution in [2.24, 2.45) is 0 Å². The van der Waals surface area contributed by atoms with Crippen LogP contribution in [0.5, 0.6) is 0 Å². The molecule has 0 amide bonds. The lowest BCUT2D eigenvalue weighted by Crippen LogP contribution is -2.24. The summed E-state index contributed by atoms with van der Waals surface area (Å²) in [6.07, 6.45) is 0.921. The van der Waals surface area contributed by atoms with Gasteiger partial charge in [0.15, 0.2) is 0 Å². The van der Waals surface area contributed by atoms with Crippen molar-refractivity contribution in [3.63, 3.8) is 0 Å². The van der Waals surface area contributed by atoms with E-state index in [1.165, 1.54) is 23.7 Å². The second-order valence-corrected chi connectivity index (χ2v) is 5.06. The van der Waals surface area contributed by atoms with E-state index in [1.807, 2.05) is 13.8 Å². The number of benzene rings is 1. The minimum Gasteiger partial charge on any atom is -0.305 e. The van der Waals surface area contributed by atoms with Crippen molar-refractivity contribution in [2.75, 3.05) is 6.54 Å². The summed E-state index contributed by atoms with van der Waals surface area (Å²) in [5.41, 5.74) is 1.19. The molecule has 0 saturated carbocycles. The molecular weight excluding hydrogens is 268 g/mol. The quantitative estimate of drug-likeness (QED) is 0.915. The lowest BCUT2D eigenvalue weighted by atomic mass is 10.0. The molecule has 0 saturated heterocycles. The van der Waals surface area contributed by atoms with Gasteiger partial charge in [-0.1, -0.05) is 17.5 Å². The van der Waals surface area contributed by atoms with E-state index in [0.717, 1.165) is 29.6 Å². The van der Waals surface area contributed by atoms with Crippen molar-refractivity contribution in [2.45, 2.75) is 26.3 Å². The first-order chi connectivity index (χ1) is 9.13. The van der Waals surface area contributed by atoms with Crippen molar-refractivity contribution in [3.8, 4) is 0 Å². The van der Waals surface area contributed by atoms with Gasteiger partial charge in [-0.25, -0.2) is 8.78 Å². The van der Waals surface area contributed by atoms with E-state index < -0.39 is 11.6 Å². The standard InChI is InChI=1S/C13H15F2N3S/c1-3-6-16-12(13-8(2)17-18-19-13)10-5-4-9(14)7-11(10)15/h4-5,7,12,16H,3,6H2,1-2H3. The fraction of sp³-hybridized carbons (Fsp3) is 0.385. The average Bonchev–Trinajstić information content (AvgIpc) is 2.78. The van der Waals surface area contributed by atoms with Gasteiger partial charge in [0.05, 0.1) is 16.6 Å². The highest BCUT2D eigenvalue weighted by Crippen LogP contribution is 2.28. The number of aromatic nitrogens is 2. The van der Waals surface area contributed by atoms with Crippen LogP contribution in [-0.4, -0.2) is 16.1 Å². The fourth-order valence-electron chi connectivity index (χ4n) is 1.87. The van der Waals surface area contributed by atoms with Crippen LogP contribution < -0.4 is 5.32 Å². The van der Waals surface area contributed by atoms with Crippen molar-refractivity contribution >= 4 is 11.5 Å². The second kappa shape index (κ2) is 6.16. The van der Waals surface area contributed by atoms with Gasteiger partial charge in [-0.05, 0) is 37.5 Å². The fourth-order valence-corrected chi connectivity index (χ4v) is 2.61. The summed E-state index contributed by atoms with van der Waals surface area (Å²) in [6, 6.07) is 3.31. The molecule has 3 nitrogen and oxygen atoms in total. The zero-order valence-electron chi connectivity index (χ0n) is 10.8. The predicted molar refractivity (Wildman–Crippen MR) is 71.1 cm³/mol. The Labute approximate surface area is 114 Å². The van der Waals surface area contributed by atoms with Crippen molar-refractivity contribution in [1.82, 2.24) is 14.9 Å². The Morgan fingerprint density at radius 3 is 2.74 bits per heavy atom. The maximum atomic E-state index is 13.9. The highest BCUT2D eigenvalue weighted by molar-refractivity contribution is 7.05. The molecule has 0 aliphatic carbocycles. The highest BCUT2D eigenvalue weighted by Gasteiger charge is 2.22. The lowest BCUT2D eigenvalue weighted by molar-refractivity contribution is 0.535. The maximum absolute atomic E-state index is 13.9. The van der Waals surface area contributed by atoms with Gasteiger partial charge in [0.25, 0.3) is 0 Å². The molecule has 1 unspecified atom stereocenters. The maximum Gasteiger partial charge on any atom is 0.131 e. The third-order valence-corrected chi connectivity index (χ3v) is 3.71. The van der Waals surface area contributed by atoms with Gasteiger partial charge >= 0.3 is 0 Å². The number of hydrogen-bond acceptors (Lipinski definition) is 4. The van der Waals surface area contributed by atoms with Crippen LogP contribution in [0.2, 0.25) is 0 Å². The molecule has 1 N–H and O–H groups in total. The van der Waals surface area contributed by atoms with Gasteiger partial charge in [0.1, 0.15) is 11.6 Å². The zero-order chi connectivity index (χ0) is 13.8. The predicted octanol–water partition coefficient (Wildman–Crippen LogP) is 3.21. The summed E-state index contributed by atoms with van der Waals surface area (Å²) < 4.78 is 30.8. The van der Waals surface area contributed by atoms with E-state index in [4.69, 9.17) is 0 Å². The second-order valence-electron chi connectivity index (χ2n) is 4.28. The molecule has 1 heterocycles. The minimum atomic E-state index is -0.574. The van der Waals surface area contributed by atoms with E-state index in [-0.39, 0.29) is 6.04 Å². The Morgan fingerprint density at radius 2 is 2.16 bits per heavy atom. The lowest BCUT2D eigenvalue weighted by Gasteiger charge is -2.18. The number of halogens is 2. The summed E-state index contributed by atoms with van der Waals surface area (Å²) in [4.78, 5) is 0.860. The molecule has 0 aliphatic rings. The monoisotopic (exact) mass is 283 g/mol. The normalized spacial score (nSPS) is 12.6. The van der Waals surface area contributed by atoms with Crippen LogP contribution in [0.25, 0.3) is 0 Å². The van der Waals surface area contributed by atoms with E-state index >= 15 is 0 Å². The van der Waals surface area contributed by atoms with Crippen molar-refractivity contribution in [1.29, 1.82) is 0 Å². The van der Waals surface area contributed by atoms with E-state index in [2.05, 4.69) is 14.9 Å². The van der Waals surface area contributed by atoms with Gasteiger partial charge in [0, 0.05) is 11.6 Å². The zero-order valence-corrected chi connectivity index (χ0v) is 11.6. The summed E-state index contributed by atoms with van der Waals surface area (Å²) in [5, 5.41) is 7.21. The van der Waals surface area contributed by atoms with Gasteiger partial charge in [-0.2, -0.15) is 0 Å². The SMILES string of the molecule is CCCNC(c1ccc(F)cc1F)c1snnc1C. The highest BCUT2D eigenvalue weighted by atomic mass is 32.1. The summed E-state index contributed by atoms with van der Waals surface area (Å²) in [6.45, 7) is 4.60. The molecule has 0 spiro atoms. The third kappa shape index (κ3) is 3.13. The van der Waals surface area contributed by atoms with Crippen LogP contribution >= 0.6 is 11.5 Å². The summed E-state index contributed by atoms with van der Waals surface area (Å²) >= 11 is 1.23. The van der Waals surface area contributed by atoms with Gasteiger partial charge in [0.2, 0.25) is 0 Å². The molecule has 2 aromatic rings. The number of nitrogens with zero attached hydrogens (tertiary/aromatic N) is 2. The van der Waals surface area contributed by atoms with Crippen molar-refractivity contribution in [3.05, 3.63) is 46.0 Å². The topological polar surface area (TPSA) is 37.8 Å². The van der Waals surface area contributed by atoms with Gasteiger partial charge < -0.3 is 5.32 Å². The molecular formula is C13H15F2N3S. The van der Waals surface area contributed by atoms with E-state index in [0.29, 0.717) is 5.56 Å². The van der Waals surface area contributed by atoms with Crippen LogP contribution in [0.1, 0.15) is 35.5 Å². The van der Waals surface area contributed by atoms with Gasteiger partial charge in [-0.15, -0.1) is 5.10 Å². The summed E-state index contributed by atoms with van der Waals surface area (Å²) in [5.74, 6) is -1.13. The van der Waals surface area contributed by atoms with Crippen LogP contribution in [0.4, 0.5) is 8.78 Å². The molecule has 0 bridgehead atoms. The Balaban J connectivity index is 2.40. The van der Waals surface area contributed by atoms with Crippen molar-refractivity contribution < 1.29 is 8.78 Å². The molecule has 0 radical (unpaired) electrons. The van der Waals surface area contributed by atoms with Crippen LogP contribution in [0.3, 0.4) is 0 Å². The molecule has 1 aromatic heterocycles. The van der Waals surface area contributed by atoms with Crippen LogP contribution in [0, 0.1) is 18.6 Å². The van der Waals surface area contributed by atoms with Gasteiger partial charge in [-0.3, -0.25) is 0 Å². The molecule has 19 heavy (non-hydrogen) atoms. The molecule has 0 fully saturated rings. The molecule has 1 atom stereocenters. The first-order valence-electron chi connectivity index (χ1n) is 6.10. The number of nitrogens with one attached hydrogen (secondary N) is 1. The van der Waals surface area contributed by atoms with Crippen LogP contribution in [0.15, 0.2) is 18.2 Å². The van der Waals surface area contributed by atoms with E-state index in [1.54, 1.807) is 0 Å². The third-order valence-electron chi connectivity index (χ3n) is 2.82. The minimum absolute atomic E-state index is 0.333. The molecule has 0 aliphatic heterocycles. The number of aryl methyl sites for hydroxylation is 1. The molecule has 2 rings (SSSR count). The number of rotatable bonds is 5. The molecule has 102 valence electrons. The van der Waals surface area contributed by atoms with E-state index in [9.17, 15) is 8.78 Å². The average molecular weight is 283 g/mol. The Morgan fingerprint density at radius 1 is 1.37 bits per heavy atom. The number of hydrogen-bond donors (Lipinski definition) is 1. The molecule has 6 heteroatoms. The Kier molecular flexibility index (Phi) is 4.55.